The van der Waals surface area contributed by atoms with Crippen LogP contribution in [0.1, 0.15) is 11.1 Å². The van der Waals surface area contributed by atoms with Gasteiger partial charge in [0.15, 0.2) is 0 Å². The topological polar surface area (TPSA) is 59.1 Å². The summed E-state index contributed by atoms with van der Waals surface area (Å²) in [6.07, 6.45) is 0. The molecule has 0 aliphatic carbocycles. The van der Waals surface area contributed by atoms with E-state index in [1.54, 1.807) is 19.1 Å². The molecule has 142 valence electrons. The number of carbonyl (C=O) groups is 2. The third-order valence-corrected chi connectivity index (χ3v) is 5.18. The number of rotatable bonds is 7. The molecule has 0 aromatic heterocycles. The first-order valence-corrected chi connectivity index (χ1v) is 9.63. The molecule has 0 saturated carbocycles. The average Bonchev–Trinajstić information content (AvgIpc) is 2.93. The number of alkyl halides is 1. The number of imide groups is 1. The van der Waals surface area contributed by atoms with Crippen molar-refractivity contribution in [2.75, 3.05) is 19.5 Å². The third kappa shape index (κ3) is 4.08. The highest BCUT2D eigenvalue weighted by atomic mass is 79.9. The van der Waals surface area contributed by atoms with E-state index in [0.29, 0.717) is 11.9 Å². The predicted molar refractivity (Wildman–Crippen MR) is 105 cm³/mol. The fourth-order valence-corrected chi connectivity index (χ4v) is 3.64. The number of benzene rings is 2. The lowest BCUT2D eigenvalue weighted by atomic mass is 10.2. The lowest BCUT2D eigenvalue weighted by Crippen LogP contribution is -2.35. The molecule has 1 saturated heterocycles. The van der Waals surface area contributed by atoms with E-state index in [4.69, 9.17) is 9.47 Å². The van der Waals surface area contributed by atoms with E-state index in [1.807, 2.05) is 48.5 Å². The van der Waals surface area contributed by atoms with Crippen molar-refractivity contribution in [1.82, 2.24) is 9.80 Å². The monoisotopic (exact) mass is 432 g/mol. The zero-order valence-corrected chi connectivity index (χ0v) is 16.8. The fourth-order valence-electron chi connectivity index (χ4n) is 3.01. The minimum Gasteiger partial charge on any atom is -0.497 e. The molecule has 3 rings (SSSR count). The van der Waals surface area contributed by atoms with Crippen LogP contribution in [0, 0.1) is 0 Å². The molecule has 1 heterocycles. The van der Waals surface area contributed by atoms with E-state index in [0.717, 1.165) is 22.6 Å². The van der Waals surface area contributed by atoms with Crippen LogP contribution < -0.4 is 9.47 Å². The van der Waals surface area contributed by atoms with Gasteiger partial charge < -0.3 is 14.4 Å². The quantitative estimate of drug-likeness (QED) is 0.496. The molecule has 1 fully saturated rings. The summed E-state index contributed by atoms with van der Waals surface area (Å²) in [6, 6.07) is 14.0. The molecule has 0 radical (unpaired) electrons. The van der Waals surface area contributed by atoms with Crippen molar-refractivity contribution < 1.29 is 19.1 Å². The van der Waals surface area contributed by atoms with Crippen molar-refractivity contribution in [1.29, 1.82) is 0 Å². The highest BCUT2D eigenvalue weighted by Gasteiger charge is 2.44. The minimum atomic E-state index is -0.516. The SMILES string of the molecule is COc1ccc(CN2C(=O)C(CBr)N(Cc3ccc(OC)cc3)C2=O)cc1. The van der Waals surface area contributed by atoms with Crippen molar-refractivity contribution in [3.05, 3.63) is 59.7 Å². The molecule has 1 unspecified atom stereocenters. The first-order valence-electron chi connectivity index (χ1n) is 8.51. The van der Waals surface area contributed by atoms with Crippen LogP contribution in [0.25, 0.3) is 0 Å². The molecular weight excluding hydrogens is 412 g/mol. The van der Waals surface area contributed by atoms with Crippen molar-refractivity contribution >= 4 is 27.9 Å². The maximum absolute atomic E-state index is 12.9. The van der Waals surface area contributed by atoms with Gasteiger partial charge in [0, 0.05) is 11.9 Å². The van der Waals surface area contributed by atoms with Crippen LogP contribution in [-0.2, 0) is 17.9 Å². The summed E-state index contributed by atoms with van der Waals surface area (Å²) in [5.74, 6) is 1.29. The Morgan fingerprint density at radius 2 is 1.33 bits per heavy atom. The molecule has 2 aromatic rings. The van der Waals surface area contributed by atoms with E-state index in [9.17, 15) is 9.59 Å². The van der Waals surface area contributed by atoms with Crippen LogP contribution in [0.2, 0.25) is 0 Å². The smallest absolute Gasteiger partial charge is 0.328 e. The summed E-state index contributed by atoms with van der Waals surface area (Å²) in [4.78, 5) is 28.6. The van der Waals surface area contributed by atoms with Gasteiger partial charge in [-0.3, -0.25) is 9.69 Å². The van der Waals surface area contributed by atoms with Gasteiger partial charge in [-0.25, -0.2) is 4.79 Å². The van der Waals surface area contributed by atoms with Crippen LogP contribution >= 0.6 is 15.9 Å². The number of methoxy groups -OCH3 is 2. The highest BCUT2D eigenvalue weighted by Crippen LogP contribution is 2.25. The van der Waals surface area contributed by atoms with Gasteiger partial charge in [-0.05, 0) is 35.4 Å². The predicted octanol–water partition coefficient (Wildman–Crippen LogP) is 3.43. The third-order valence-electron chi connectivity index (χ3n) is 4.56. The largest absolute Gasteiger partial charge is 0.497 e. The number of carbonyl (C=O) groups excluding carboxylic acids is 2. The van der Waals surface area contributed by atoms with E-state index in [2.05, 4.69) is 15.9 Å². The molecule has 0 spiro atoms. The van der Waals surface area contributed by atoms with E-state index >= 15 is 0 Å². The Morgan fingerprint density at radius 3 is 1.78 bits per heavy atom. The molecule has 0 bridgehead atoms. The normalized spacial score (nSPS) is 16.8. The van der Waals surface area contributed by atoms with Crippen molar-refractivity contribution in [2.24, 2.45) is 0 Å². The molecule has 1 aliphatic heterocycles. The number of hydrogen-bond acceptors (Lipinski definition) is 4. The van der Waals surface area contributed by atoms with Gasteiger partial charge in [0.1, 0.15) is 17.5 Å². The van der Waals surface area contributed by atoms with Gasteiger partial charge >= 0.3 is 6.03 Å². The maximum atomic E-state index is 12.9. The molecule has 6 nitrogen and oxygen atoms in total. The zero-order chi connectivity index (χ0) is 19.4. The molecule has 27 heavy (non-hydrogen) atoms. The number of nitrogens with zero attached hydrogens (tertiary/aromatic N) is 2. The minimum absolute atomic E-state index is 0.193. The fraction of sp³-hybridized carbons (Fsp3) is 0.300. The van der Waals surface area contributed by atoms with Crippen LogP contribution in [-0.4, -0.2) is 47.3 Å². The van der Waals surface area contributed by atoms with Gasteiger partial charge in [0.05, 0.1) is 20.8 Å². The van der Waals surface area contributed by atoms with Crippen LogP contribution in [0.15, 0.2) is 48.5 Å². The standard InChI is InChI=1S/C20H21BrN2O4/c1-26-16-7-3-14(4-8-16)12-22-18(11-21)19(24)23(20(22)25)13-15-5-9-17(27-2)10-6-15/h3-10,18H,11-13H2,1-2H3. The van der Waals surface area contributed by atoms with E-state index in [1.165, 1.54) is 4.90 Å². The Morgan fingerprint density at radius 1 is 0.852 bits per heavy atom. The molecule has 3 amide bonds. The summed E-state index contributed by atoms with van der Waals surface area (Å²) in [5.41, 5.74) is 1.81. The maximum Gasteiger partial charge on any atom is 0.328 e. The average molecular weight is 433 g/mol. The Labute approximate surface area is 166 Å². The Bertz CT molecular complexity index is 808. The second kappa shape index (κ2) is 8.43. The van der Waals surface area contributed by atoms with Crippen LogP contribution in [0.5, 0.6) is 11.5 Å². The van der Waals surface area contributed by atoms with Gasteiger partial charge in [-0.2, -0.15) is 0 Å². The van der Waals surface area contributed by atoms with Crippen molar-refractivity contribution in [3.63, 3.8) is 0 Å². The van der Waals surface area contributed by atoms with Crippen LogP contribution in [0.3, 0.4) is 0 Å². The van der Waals surface area contributed by atoms with Crippen molar-refractivity contribution in [2.45, 2.75) is 19.1 Å². The molecule has 1 atom stereocenters. The lowest BCUT2D eigenvalue weighted by molar-refractivity contribution is -0.128. The van der Waals surface area contributed by atoms with Gasteiger partial charge in [0.25, 0.3) is 5.91 Å². The van der Waals surface area contributed by atoms with E-state index < -0.39 is 6.04 Å². The summed E-state index contributed by atoms with van der Waals surface area (Å²) >= 11 is 3.37. The molecular formula is C20H21BrN2O4. The van der Waals surface area contributed by atoms with Crippen LogP contribution in [0.4, 0.5) is 4.79 Å². The summed E-state index contributed by atoms with van der Waals surface area (Å²) in [6.45, 7) is 0.605. The number of ether oxygens (including phenoxy) is 2. The van der Waals surface area contributed by atoms with E-state index in [-0.39, 0.29) is 18.5 Å². The van der Waals surface area contributed by atoms with Crippen molar-refractivity contribution in [3.8, 4) is 11.5 Å². The van der Waals surface area contributed by atoms with Gasteiger partial charge in [-0.1, -0.05) is 40.2 Å². The number of urea groups is 1. The Balaban J connectivity index is 1.76. The Hall–Kier alpha value is -2.54. The first kappa shape index (κ1) is 19.2. The number of hydrogen-bond donors (Lipinski definition) is 0. The molecule has 7 heteroatoms. The molecule has 0 N–H and O–H groups in total. The zero-order valence-electron chi connectivity index (χ0n) is 15.2. The Kier molecular flexibility index (Phi) is 6.01. The summed E-state index contributed by atoms with van der Waals surface area (Å²) < 4.78 is 10.3. The molecule has 1 aliphatic rings. The van der Waals surface area contributed by atoms with Gasteiger partial charge in [0.2, 0.25) is 0 Å². The number of halogens is 1. The summed E-state index contributed by atoms with van der Waals surface area (Å²) in [5, 5.41) is 0.396. The highest BCUT2D eigenvalue weighted by molar-refractivity contribution is 9.09. The molecule has 2 aromatic carbocycles. The summed E-state index contributed by atoms with van der Waals surface area (Å²) in [7, 11) is 3.20. The van der Waals surface area contributed by atoms with Gasteiger partial charge in [-0.15, -0.1) is 0 Å². The number of amides is 3. The first-order chi connectivity index (χ1) is 13.1. The second-order valence-corrected chi connectivity index (χ2v) is 6.85. The lowest BCUT2D eigenvalue weighted by Gasteiger charge is -2.20. The second-order valence-electron chi connectivity index (χ2n) is 6.20.